The number of hydrogen-bond acceptors (Lipinski definition) is 2. The van der Waals surface area contributed by atoms with Gasteiger partial charge in [0.1, 0.15) is 17.9 Å². The Labute approximate surface area is 96.2 Å². The monoisotopic (exact) mass is 264 g/mol. The lowest BCUT2D eigenvalue weighted by atomic mass is 10.4. The first-order chi connectivity index (χ1) is 7.31. The van der Waals surface area contributed by atoms with Crippen LogP contribution in [0.4, 0.5) is 0 Å². The Kier molecular flexibility index (Phi) is 3.05. The zero-order chi connectivity index (χ0) is 10.7. The molecule has 0 spiro atoms. The lowest BCUT2D eigenvalue weighted by Gasteiger charge is -1.95. The number of fused-ring (bicyclic) bond motifs is 1. The van der Waals surface area contributed by atoms with Crippen LogP contribution in [-0.2, 0) is 4.74 Å². The Morgan fingerprint density at radius 1 is 1.53 bits per heavy atom. The average Bonchev–Trinajstić information content (AvgIpc) is 2.62. The summed E-state index contributed by atoms with van der Waals surface area (Å²) in [5, 5.41) is 0. The first-order valence-corrected chi connectivity index (χ1v) is 5.21. The van der Waals surface area contributed by atoms with Crippen LogP contribution < -0.4 is 0 Å². The van der Waals surface area contributed by atoms with E-state index >= 15 is 0 Å². The third kappa shape index (κ3) is 2.20. The molecule has 0 amide bonds. The summed E-state index contributed by atoms with van der Waals surface area (Å²) in [5.41, 5.74) is 1.75. The molecule has 0 radical (unpaired) electrons. The van der Waals surface area contributed by atoms with E-state index in [2.05, 4.69) is 32.8 Å². The third-order valence-corrected chi connectivity index (χ3v) is 2.37. The predicted molar refractivity (Wildman–Crippen MR) is 61.6 cm³/mol. The summed E-state index contributed by atoms with van der Waals surface area (Å²) in [5.74, 6) is 5.90. The number of imidazole rings is 1. The van der Waals surface area contributed by atoms with Gasteiger partial charge in [0.25, 0.3) is 0 Å². The number of ether oxygens (including phenoxy) is 1. The highest BCUT2D eigenvalue weighted by atomic mass is 79.9. The minimum absolute atomic E-state index is 0.432. The molecule has 2 aromatic rings. The smallest absolute Gasteiger partial charge is 0.137 e. The molecule has 2 aromatic heterocycles. The molecule has 0 saturated carbocycles. The molecular formula is C11H9BrN2O. The van der Waals surface area contributed by atoms with E-state index in [-0.39, 0.29) is 0 Å². The van der Waals surface area contributed by atoms with E-state index in [0.717, 1.165) is 15.8 Å². The highest BCUT2D eigenvalue weighted by molar-refractivity contribution is 9.10. The van der Waals surface area contributed by atoms with Gasteiger partial charge < -0.3 is 4.74 Å². The normalized spacial score (nSPS) is 10.0. The molecule has 0 fully saturated rings. The number of nitrogens with zero attached hydrogens (tertiary/aromatic N) is 2. The van der Waals surface area contributed by atoms with Crippen molar-refractivity contribution in [3.05, 3.63) is 34.7 Å². The second-order valence-electron chi connectivity index (χ2n) is 2.95. The van der Waals surface area contributed by atoms with Gasteiger partial charge in [0.05, 0.1) is 6.20 Å². The Hall–Kier alpha value is -1.31. The van der Waals surface area contributed by atoms with Crippen molar-refractivity contribution in [3.8, 4) is 11.8 Å². The van der Waals surface area contributed by atoms with Gasteiger partial charge in [-0.15, -0.1) is 0 Å². The Balaban J connectivity index is 2.45. The van der Waals surface area contributed by atoms with Crippen molar-refractivity contribution < 1.29 is 4.74 Å². The van der Waals surface area contributed by atoms with E-state index in [1.807, 2.05) is 22.7 Å². The van der Waals surface area contributed by atoms with E-state index in [0.29, 0.717) is 6.61 Å². The molecular weight excluding hydrogens is 256 g/mol. The SMILES string of the molecule is COCC#Cc1cnc2ccc(Br)cn12. The fourth-order valence-corrected chi connectivity index (χ4v) is 1.58. The summed E-state index contributed by atoms with van der Waals surface area (Å²) in [6.07, 6.45) is 3.70. The van der Waals surface area contributed by atoms with Crippen molar-refractivity contribution in [2.75, 3.05) is 13.7 Å². The topological polar surface area (TPSA) is 26.5 Å². The van der Waals surface area contributed by atoms with Crippen LogP contribution in [0.2, 0.25) is 0 Å². The first-order valence-electron chi connectivity index (χ1n) is 4.41. The highest BCUT2D eigenvalue weighted by Crippen LogP contribution is 2.12. The molecule has 0 saturated heterocycles. The maximum atomic E-state index is 4.86. The molecule has 15 heavy (non-hydrogen) atoms. The summed E-state index contributed by atoms with van der Waals surface area (Å²) in [6, 6.07) is 3.89. The number of aromatic nitrogens is 2. The van der Waals surface area contributed by atoms with Crippen LogP contribution >= 0.6 is 15.9 Å². The van der Waals surface area contributed by atoms with Gasteiger partial charge in [-0.1, -0.05) is 5.92 Å². The molecule has 3 nitrogen and oxygen atoms in total. The van der Waals surface area contributed by atoms with Crippen LogP contribution in [0, 0.1) is 11.8 Å². The molecule has 76 valence electrons. The maximum absolute atomic E-state index is 4.86. The van der Waals surface area contributed by atoms with Crippen LogP contribution in [0.3, 0.4) is 0 Å². The van der Waals surface area contributed by atoms with E-state index in [4.69, 9.17) is 4.74 Å². The molecule has 0 aliphatic carbocycles. The van der Waals surface area contributed by atoms with Crippen LogP contribution in [0.25, 0.3) is 5.65 Å². The van der Waals surface area contributed by atoms with Gasteiger partial charge in [-0.3, -0.25) is 4.40 Å². The quantitative estimate of drug-likeness (QED) is 0.738. The summed E-state index contributed by atoms with van der Waals surface area (Å²) >= 11 is 3.41. The minimum atomic E-state index is 0.432. The number of methoxy groups -OCH3 is 1. The zero-order valence-electron chi connectivity index (χ0n) is 8.20. The van der Waals surface area contributed by atoms with Crippen LogP contribution in [-0.4, -0.2) is 23.1 Å². The fraction of sp³-hybridized carbons (Fsp3) is 0.182. The predicted octanol–water partition coefficient (Wildman–Crippen LogP) is 2.09. The van der Waals surface area contributed by atoms with E-state index in [1.54, 1.807) is 13.3 Å². The lowest BCUT2D eigenvalue weighted by Crippen LogP contribution is -1.88. The number of pyridine rings is 1. The number of rotatable bonds is 1. The van der Waals surface area contributed by atoms with Crippen LogP contribution in [0.5, 0.6) is 0 Å². The first kappa shape index (κ1) is 10.2. The summed E-state index contributed by atoms with van der Waals surface area (Å²) in [7, 11) is 1.62. The van der Waals surface area contributed by atoms with Crippen LogP contribution in [0.15, 0.2) is 29.0 Å². The second-order valence-corrected chi connectivity index (χ2v) is 3.87. The van der Waals surface area contributed by atoms with E-state index in [1.165, 1.54) is 0 Å². The van der Waals surface area contributed by atoms with E-state index in [9.17, 15) is 0 Å². The lowest BCUT2D eigenvalue weighted by molar-refractivity contribution is 0.240. The van der Waals surface area contributed by atoms with Gasteiger partial charge in [-0.2, -0.15) is 0 Å². The molecule has 0 N–H and O–H groups in total. The van der Waals surface area contributed by atoms with Gasteiger partial charge in [0, 0.05) is 17.8 Å². The standard InChI is InChI=1S/C11H9BrN2O/c1-15-6-2-3-10-7-13-11-5-4-9(12)8-14(10)11/h4-5,7-8H,6H2,1H3. The van der Waals surface area contributed by atoms with Gasteiger partial charge in [0.15, 0.2) is 0 Å². The average molecular weight is 265 g/mol. The molecule has 0 bridgehead atoms. The fourth-order valence-electron chi connectivity index (χ4n) is 1.25. The largest absolute Gasteiger partial charge is 0.372 e. The van der Waals surface area contributed by atoms with Crippen molar-refractivity contribution in [1.29, 1.82) is 0 Å². The molecule has 0 aromatic carbocycles. The molecule has 0 atom stereocenters. The summed E-state index contributed by atoms with van der Waals surface area (Å²) < 4.78 is 7.80. The number of halogens is 1. The van der Waals surface area contributed by atoms with Crippen molar-refractivity contribution in [2.45, 2.75) is 0 Å². The Bertz CT molecular complexity index is 536. The molecule has 0 aliphatic heterocycles. The maximum Gasteiger partial charge on any atom is 0.137 e. The summed E-state index contributed by atoms with van der Waals surface area (Å²) in [4.78, 5) is 4.24. The van der Waals surface area contributed by atoms with Gasteiger partial charge >= 0.3 is 0 Å². The zero-order valence-corrected chi connectivity index (χ0v) is 9.78. The molecule has 2 rings (SSSR count). The van der Waals surface area contributed by atoms with Crippen LogP contribution in [0.1, 0.15) is 5.69 Å². The summed E-state index contributed by atoms with van der Waals surface area (Å²) in [6.45, 7) is 0.432. The molecule has 2 heterocycles. The van der Waals surface area contributed by atoms with Crippen molar-refractivity contribution >= 4 is 21.6 Å². The third-order valence-electron chi connectivity index (χ3n) is 1.90. The molecule has 0 unspecified atom stereocenters. The van der Waals surface area contributed by atoms with E-state index < -0.39 is 0 Å². The van der Waals surface area contributed by atoms with Gasteiger partial charge in [-0.25, -0.2) is 4.98 Å². The van der Waals surface area contributed by atoms with Crippen molar-refractivity contribution in [2.24, 2.45) is 0 Å². The van der Waals surface area contributed by atoms with Gasteiger partial charge in [-0.05, 0) is 34.0 Å². The van der Waals surface area contributed by atoms with Crippen molar-refractivity contribution in [3.63, 3.8) is 0 Å². The molecule has 0 aliphatic rings. The Morgan fingerprint density at radius 3 is 3.20 bits per heavy atom. The van der Waals surface area contributed by atoms with Gasteiger partial charge in [0.2, 0.25) is 0 Å². The highest BCUT2D eigenvalue weighted by Gasteiger charge is 1.99. The minimum Gasteiger partial charge on any atom is -0.372 e. The second kappa shape index (κ2) is 4.47. The number of hydrogen-bond donors (Lipinski definition) is 0. The Morgan fingerprint density at radius 2 is 2.40 bits per heavy atom. The van der Waals surface area contributed by atoms with Crippen molar-refractivity contribution in [1.82, 2.24) is 9.38 Å². The molecule has 4 heteroatoms.